The number of rotatable bonds is 6. The van der Waals surface area contributed by atoms with Crippen molar-refractivity contribution < 1.29 is 17.9 Å². The van der Waals surface area contributed by atoms with Crippen LogP contribution in [0, 0.1) is 0 Å². The first kappa shape index (κ1) is 20.4. The van der Waals surface area contributed by atoms with E-state index in [9.17, 15) is 13.2 Å². The van der Waals surface area contributed by atoms with Crippen LogP contribution in [0.2, 0.25) is 0 Å². The summed E-state index contributed by atoms with van der Waals surface area (Å²) in [5.41, 5.74) is 0.910. The van der Waals surface area contributed by atoms with Crippen LogP contribution in [-0.4, -0.2) is 38.8 Å². The van der Waals surface area contributed by atoms with Crippen molar-refractivity contribution >= 4 is 21.6 Å². The lowest BCUT2D eigenvalue weighted by atomic mass is 9.96. The summed E-state index contributed by atoms with van der Waals surface area (Å²) in [6.45, 7) is 0. The van der Waals surface area contributed by atoms with Crippen LogP contribution in [0.1, 0.15) is 42.5 Å². The molecule has 1 amide bonds. The molecule has 1 aliphatic carbocycles. The highest BCUT2D eigenvalue weighted by molar-refractivity contribution is 7.89. The molecule has 150 valence electrons. The molecule has 2 aromatic rings. The van der Waals surface area contributed by atoms with Crippen molar-refractivity contribution in [2.75, 3.05) is 19.5 Å². The summed E-state index contributed by atoms with van der Waals surface area (Å²) < 4.78 is 32.6. The van der Waals surface area contributed by atoms with Gasteiger partial charge in [-0.25, -0.2) is 8.42 Å². The quantitative estimate of drug-likeness (QED) is 0.795. The maximum atomic E-state index is 13.0. The molecule has 1 fully saturated rings. The largest absolute Gasteiger partial charge is 0.497 e. The fraction of sp³-hybridized carbons (Fsp3) is 0.381. The van der Waals surface area contributed by atoms with Crippen LogP contribution in [0.5, 0.6) is 5.75 Å². The Hall–Kier alpha value is -2.38. The molecule has 0 aromatic heterocycles. The van der Waals surface area contributed by atoms with Gasteiger partial charge in [0.2, 0.25) is 10.0 Å². The van der Waals surface area contributed by atoms with Crippen molar-refractivity contribution in [2.45, 2.75) is 43.0 Å². The van der Waals surface area contributed by atoms with Crippen LogP contribution in [-0.2, 0) is 10.0 Å². The minimum atomic E-state index is -3.64. The van der Waals surface area contributed by atoms with Crippen LogP contribution in [0.25, 0.3) is 0 Å². The topological polar surface area (TPSA) is 75.7 Å². The van der Waals surface area contributed by atoms with Gasteiger partial charge < -0.3 is 10.1 Å². The Labute approximate surface area is 166 Å². The first-order valence-electron chi connectivity index (χ1n) is 9.45. The monoisotopic (exact) mass is 402 g/mol. The van der Waals surface area contributed by atoms with E-state index in [0.29, 0.717) is 17.0 Å². The summed E-state index contributed by atoms with van der Waals surface area (Å²) in [7, 11) is -0.432. The predicted octanol–water partition coefficient (Wildman–Crippen LogP) is 3.90. The second-order valence-electron chi connectivity index (χ2n) is 7.02. The van der Waals surface area contributed by atoms with Crippen molar-refractivity contribution in [1.29, 1.82) is 0 Å². The van der Waals surface area contributed by atoms with Crippen molar-refractivity contribution in [3.8, 4) is 5.75 Å². The first-order valence-corrected chi connectivity index (χ1v) is 10.9. The second kappa shape index (κ2) is 8.75. The van der Waals surface area contributed by atoms with Crippen molar-refractivity contribution in [3.05, 3.63) is 54.1 Å². The fourth-order valence-corrected chi connectivity index (χ4v) is 4.94. The molecular formula is C21H26N2O4S. The van der Waals surface area contributed by atoms with Crippen LogP contribution in [0.4, 0.5) is 5.69 Å². The van der Waals surface area contributed by atoms with Gasteiger partial charge >= 0.3 is 0 Å². The zero-order valence-electron chi connectivity index (χ0n) is 16.2. The highest BCUT2D eigenvalue weighted by Crippen LogP contribution is 2.27. The standard InChI is InChI=1S/C21H26N2O4S/c1-23(18-8-4-3-5-9-18)28(25,26)20-10-6-7-16(15-20)21(24)22-17-11-13-19(27-2)14-12-17/h6-7,10-15,18H,3-5,8-9H2,1-2H3,(H,22,24). The highest BCUT2D eigenvalue weighted by Gasteiger charge is 2.29. The van der Waals surface area contributed by atoms with E-state index in [1.165, 1.54) is 10.4 Å². The second-order valence-corrected chi connectivity index (χ2v) is 9.02. The van der Waals surface area contributed by atoms with E-state index in [0.717, 1.165) is 32.1 Å². The molecule has 0 atom stereocenters. The van der Waals surface area contributed by atoms with Crippen LogP contribution in [0.15, 0.2) is 53.4 Å². The molecular weight excluding hydrogens is 376 g/mol. The normalized spacial score (nSPS) is 15.4. The van der Waals surface area contributed by atoms with Crippen molar-refractivity contribution in [2.24, 2.45) is 0 Å². The highest BCUT2D eigenvalue weighted by atomic mass is 32.2. The summed E-state index contributed by atoms with van der Waals surface area (Å²) in [5, 5.41) is 2.78. The number of nitrogens with zero attached hydrogens (tertiary/aromatic N) is 1. The Bertz CT molecular complexity index is 920. The number of carbonyl (C=O) groups is 1. The van der Waals surface area contributed by atoms with E-state index in [-0.39, 0.29) is 16.8 Å². The summed E-state index contributed by atoms with van der Waals surface area (Å²) in [5.74, 6) is 0.333. The summed E-state index contributed by atoms with van der Waals surface area (Å²) in [4.78, 5) is 12.7. The number of nitrogens with one attached hydrogen (secondary N) is 1. The van der Waals surface area contributed by atoms with Crippen molar-refractivity contribution in [3.63, 3.8) is 0 Å². The average Bonchev–Trinajstić information content (AvgIpc) is 2.74. The van der Waals surface area contributed by atoms with Gasteiger partial charge in [-0.3, -0.25) is 4.79 Å². The van der Waals surface area contributed by atoms with Crippen LogP contribution in [0.3, 0.4) is 0 Å². The number of sulfonamides is 1. The molecule has 7 heteroatoms. The predicted molar refractivity (Wildman–Crippen MR) is 109 cm³/mol. The molecule has 0 bridgehead atoms. The Balaban J connectivity index is 1.77. The number of hydrogen-bond donors (Lipinski definition) is 1. The smallest absolute Gasteiger partial charge is 0.255 e. The van der Waals surface area contributed by atoms with Gasteiger partial charge in [0, 0.05) is 24.3 Å². The Morgan fingerprint density at radius 1 is 1.07 bits per heavy atom. The summed E-state index contributed by atoms with van der Waals surface area (Å²) >= 11 is 0. The minimum Gasteiger partial charge on any atom is -0.497 e. The van der Waals surface area contributed by atoms with Gasteiger partial charge in [0.25, 0.3) is 5.91 Å². The zero-order chi connectivity index (χ0) is 20.1. The molecule has 1 saturated carbocycles. The number of carbonyl (C=O) groups excluding carboxylic acids is 1. The van der Waals surface area contributed by atoms with Gasteiger partial charge in [-0.15, -0.1) is 0 Å². The van der Waals surface area contributed by atoms with Gasteiger partial charge in [0.1, 0.15) is 5.75 Å². The number of amides is 1. The third-order valence-electron chi connectivity index (χ3n) is 5.21. The molecule has 0 unspecified atom stereocenters. The lowest BCUT2D eigenvalue weighted by Crippen LogP contribution is -2.38. The third kappa shape index (κ3) is 4.54. The lowest BCUT2D eigenvalue weighted by Gasteiger charge is -2.30. The number of anilines is 1. The average molecular weight is 403 g/mol. The number of hydrogen-bond acceptors (Lipinski definition) is 4. The van der Waals surface area contributed by atoms with Gasteiger partial charge in [0.15, 0.2) is 0 Å². The fourth-order valence-electron chi connectivity index (χ4n) is 3.48. The SMILES string of the molecule is COc1ccc(NC(=O)c2cccc(S(=O)(=O)N(C)C3CCCCC3)c2)cc1. The van der Waals surface area contributed by atoms with E-state index in [1.54, 1.807) is 56.6 Å². The van der Waals surface area contributed by atoms with Crippen LogP contribution < -0.4 is 10.1 Å². The number of methoxy groups -OCH3 is 1. The summed E-state index contributed by atoms with van der Waals surface area (Å²) in [6.07, 6.45) is 5.02. The van der Waals surface area contributed by atoms with Gasteiger partial charge in [-0.2, -0.15) is 4.31 Å². The maximum Gasteiger partial charge on any atom is 0.255 e. The molecule has 1 N–H and O–H groups in total. The van der Waals surface area contributed by atoms with E-state index in [1.807, 2.05) is 0 Å². The number of benzene rings is 2. The molecule has 6 nitrogen and oxygen atoms in total. The molecule has 28 heavy (non-hydrogen) atoms. The van der Waals surface area contributed by atoms with E-state index in [2.05, 4.69) is 5.32 Å². The Morgan fingerprint density at radius 2 is 1.75 bits per heavy atom. The Morgan fingerprint density at radius 3 is 2.39 bits per heavy atom. The third-order valence-corrected chi connectivity index (χ3v) is 7.12. The molecule has 1 aliphatic rings. The van der Waals surface area contributed by atoms with Gasteiger partial charge in [-0.1, -0.05) is 25.3 Å². The van der Waals surface area contributed by atoms with E-state index < -0.39 is 10.0 Å². The molecule has 0 radical (unpaired) electrons. The van der Waals surface area contributed by atoms with E-state index in [4.69, 9.17) is 4.74 Å². The van der Waals surface area contributed by atoms with Crippen LogP contribution >= 0.6 is 0 Å². The zero-order valence-corrected chi connectivity index (χ0v) is 17.0. The maximum absolute atomic E-state index is 13.0. The molecule has 0 spiro atoms. The number of ether oxygens (including phenoxy) is 1. The van der Waals surface area contributed by atoms with E-state index >= 15 is 0 Å². The van der Waals surface area contributed by atoms with Crippen molar-refractivity contribution in [1.82, 2.24) is 4.31 Å². The first-order chi connectivity index (χ1) is 13.4. The molecule has 3 rings (SSSR count). The molecule has 0 aliphatic heterocycles. The minimum absolute atomic E-state index is 0.0236. The lowest BCUT2D eigenvalue weighted by molar-refractivity contribution is 0.102. The van der Waals surface area contributed by atoms with Gasteiger partial charge in [-0.05, 0) is 55.3 Å². The van der Waals surface area contributed by atoms with Gasteiger partial charge in [0.05, 0.1) is 12.0 Å². The summed E-state index contributed by atoms with van der Waals surface area (Å²) in [6, 6.07) is 13.2. The molecule has 2 aromatic carbocycles. The Kier molecular flexibility index (Phi) is 6.36. The molecule has 0 heterocycles. The molecule has 0 saturated heterocycles.